The van der Waals surface area contributed by atoms with Crippen molar-refractivity contribution in [1.82, 2.24) is 24.8 Å². The van der Waals surface area contributed by atoms with Gasteiger partial charge in [0.15, 0.2) is 5.65 Å². The number of rotatable bonds is 7. The van der Waals surface area contributed by atoms with E-state index in [0.29, 0.717) is 11.8 Å². The summed E-state index contributed by atoms with van der Waals surface area (Å²) in [5, 5.41) is 8.55. The predicted octanol–water partition coefficient (Wildman–Crippen LogP) is 4.07. The van der Waals surface area contributed by atoms with E-state index in [4.69, 9.17) is 14.8 Å². The van der Waals surface area contributed by atoms with Crippen molar-refractivity contribution >= 4 is 5.65 Å². The number of aromatic nitrogens is 3. The Morgan fingerprint density at radius 2 is 1.94 bits per heavy atom. The summed E-state index contributed by atoms with van der Waals surface area (Å²) in [5.41, 5.74) is 5.61. The van der Waals surface area contributed by atoms with Crippen LogP contribution in [-0.2, 0) is 17.8 Å². The smallest absolute Gasteiger partial charge is 0.159 e. The monoisotopic (exact) mass is 451 g/mol. The molecule has 1 atom stereocenters. The van der Waals surface area contributed by atoms with Gasteiger partial charge in [-0.15, -0.1) is 0 Å². The first-order valence-electron chi connectivity index (χ1n) is 12.3. The van der Waals surface area contributed by atoms with E-state index >= 15 is 0 Å². The van der Waals surface area contributed by atoms with Gasteiger partial charge >= 0.3 is 0 Å². The number of hydrogen-bond donors (Lipinski definition) is 1. The summed E-state index contributed by atoms with van der Waals surface area (Å²) in [6.07, 6.45) is 6.51. The summed E-state index contributed by atoms with van der Waals surface area (Å²) in [4.78, 5) is 7.18. The van der Waals surface area contributed by atoms with E-state index in [-0.39, 0.29) is 5.82 Å². The molecular formula is C26H34FN5O. The van der Waals surface area contributed by atoms with Gasteiger partial charge in [-0.25, -0.2) is 13.9 Å². The largest absolute Gasteiger partial charge is 0.381 e. The van der Waals surface area contributed by atoms with Gasteiger partial charge in [0.05, 0.1) is 11.4 Å². The zero-order valence-electron chi connectivity index (χ0n) is 19.5. The number of fused-ring (bicyclic) bond motifs is 1. The Balaban J connectivity index is 1.28. The minimum atomic E-state index is -0.179. The number of aryl methyl sites for hydroxylation is 1. The van der Waals surface area contributed by atoms with Crippen LogP contribution in [0.25, 0.3) is 5.65 Å². The summed E-state index contributed by atoms with van der Waals surface area (Å²) >= 11 is 0. The minimum absolute atomic E-state index is 0.179. The van der Waals surface area contributed by atoms with Gasteiger partial charge < -0.3 is 10.1 Å². The van der Waals surface area contributed by atoms with E-state index in [9.17, 15) is 4.39 Å². The molecule has 0 unspecified atom stereocenters. The molecule has 5 rings (SSSR count). The molecule has 0 radical (unpaired) electrons. The summed E-state index contributed by atoms with van der Waals surface area (Å²) in [6, 6.07) is 9.01. The fraction of sp³-hybridized carbons (Fsp3) is 0.538. The lowest BCUT2D eigenvalue weighted by Gasteiger charge is -2.33. The topological polar surface area (TPSA) is 54.7 Å². The van der Waals surface area contributed by atoms with Gasteiger partial charge in [-0.05, 0) is 75.4 Å². The lowest BCUT2D eigenvalue weighted by molar-refractivity contribution is 0.0662. The van der Waals surface area contributed by atoms with Crippen molar-refractivity contribution in [2.24, 2.45) is 5.92 Å². The molecular weight excluding hydrogens is 417 g/mol. The molecule has 0 amide bonds. The van der Waals surface area contributed by atoms with Gasteiger partial charge in [-0.3, -0.25) is 4.90 Å². The van der Waals surface area contributed by atoms with Crippen molar-refractivity contribution in [2.75, 3.05) is 32.8 Å². The highest BCUT2D eigenvalue weighted by molar-refractivity contribution is 5.50. The van der Waals surface area contributed by atoms with Crippen molar-refractivity contribution in [3.63, 3.8) is 0 Å². The number of likely N-dealkylation sites (tertiary alicyclic amines) is 1. The van der Waals surface area contributed by atoms with E-state index in [2.05, 4.69) is 27.7 Å². The summed E-state index contributed by atoms with van der Waals surface area (Å²) in [6.45, 7) is 8.56. The van der Waals surface area contributed by atoms with Crippen LogP contribution in [0, 0.1) is 18.7 Å². The number of piperidine rings is 1. The van der Waals surface area contributed by atoms with Gasteiger partial charge in [0.1, 0.15) is 5.82 Å². The zero-order chi connectivity index (χ0) is 22.6. The third-order valence-corrected chi connectivity index (χ3v) is 7.16. The summed E-state index contributed by atoms with van der Waals surface area (Å²) in [5.74, 6) is 0.923. The molecule has 176 valence electrons. The van der Waals surface area contributed by atoms with Gasteiger partial charge in [0.25, 0.3) is 0 Å². The van der Waals surface area contributed by atoms with E-state index in [1.165, 1.54) is 11.3 Å². The maximum absolute atomic E-state index is 13.3. The number of nitrogens with zero attached hydrogens (tertiary/aromatic N) is 4. The van der Waals surface area contributed by atoms with Crippen LogP contribution in [0.2, 0.25) is 0 Å². The van der Waals surface area contributed by atoms with Crippen molar-refractivity contribution in [1.29, 1.82) is 0 Å². The summed E-state index contributed by atoms with van der Waals surface area (Å²) < 4.78 is 20.8. The lowest BCUT2D eigenvalue weighted by Crippen LogP contribution is -2.34. The fourth-order valence-electron chi connectivity index (χ4n) is 5.27. The number of hydrogen-bond acceptors (Lipinski definition) is 5. The first kappa shape index (κ1) is 22.4. The highest BCUT2D eigenvalue weighted by atomic mass is 19.1. The molecule has 6 nitrogen and oxygen atoms in total. The van der Waals surface area contributed by atoms with Crippen molar-refractivity contribution in [3.05, 3.63) is 64.9 Å². The molecule has 2 saturated heterocycles. The Labute approximate surface area is 195 Å². The van der Waals surface area contributed by atoms with Crippen LogP contribution < -0.4 is 5.32 Å². The van der Waals surface area contributed by atoms with Crippen LogP contribution in [0.1, 0.15) is 54.1 Å². The zero-order valence-corrected chi connectivity index (χ0v) is 19.5. The SMILES string of the molecule is Cc1nn2c([C@H]3CCCN(Cc4ccc(F)cc4)C3)ccnc2c1CNCC1CCOCC1. The predicted molar refractivity (Wildman–Crippen MR) is 127 cm³/mol. The van der Waals surface area contributed by atoms with Crippen molar-refractivity contribution in [3.8, 4) is 0 Å². The van der Waals surface area contributed by atoms with Crippen LogP contribution in [0.3, 0.4) is 0 Å². The first-order valence-corrected chi connectivity index (χ1v) is 12.3. The molecule has 2 aliphatic heterocycles. The van der Waals surface area contributed by atoms with E-state index in [0.717, 1.165) is 88.5 Å². The standard InChI is InChI=1S/C26H34FN5O/c1-19-24(16-28-15-20-9-13-33-14-10-20)26-29-11-8-25(32(26)30-19)22-3-2-12-31(18-22)17-21-4-6-23(27)7-5-21/h4-8,11,20,22,28H,2-3,9-10,12-18H2,1H3/t22-/m0/s1. The minimum Gasteiger partial charge on any atom is -0.381 e. The van der Waals surface area contributed by atoms with Gasteiger partial charge in [0, 0.05) is 50.5 Å². The number of benzene rings is 1. The van der Waals surface area contributed by atoms with Crippen LogP contribution in [-0.4, -0.2) is 52.3 Å². The van der Waals surface area contributed by atoms with Crippen molar-refractivity contribution in [2.45, 2.75) is 51.6 Å². The molecule has 0 spiro atoms. The number of ether oxygens (including phenoxy) is 1. The molecule has 2 aromatic heterocycles. The molecule has 1 aromatic carbocycles. The van der Waals surface area contributed by atoms with Crippen LogP contribution in [0.15, 0.2) is 36.5 Å². The molecule has 7 heteroatoms. The Morgan fingerprint density at radius 3 is 2.76 bits per heavy atom. The van der Waals surface area contributed by atoms with E-state index < -0.39 is 0 Å². The molecule has 0 bridgehead atoms. The highest BCUT2D eigenvalue weighted by Gasteiger charge is 2.25. The fourth-order valence-corrected chi connectivity index (χ4v) is 5.27. The molecule has 33 heavy (non-hydrogen) atoms. The number of nitrogens with one attached hydrogen (secondary N) is 1. The Hall–Kier alpha value is -2.35. The van der Waals surface area contributed by atoms with Crippen LogP contribution in [0.4, 0.5) is 4.39 Å². The molecule has 1 N–H and O–H groups in total. The average Bonchev–Trinajstić information content (AvgIpc) is 3.16. The molecule has 3 aromatic rings. The molecule has 0 saturated carbocycles. The van der Waals surface area contributed by atoms with Crippen LogP contribution in [0.5, 0.6) is 0 Å². The number of halogens is 1. The second kappa shape index (κ2) is 10.3. The lowest BCUT2D eigenvalue weighted by atomic mass is 9.94. The maximum atomic E-state index is 13.3. The van der Waals surface area contributed by atoms with E-state index in [1.807, 2.05) is 18.3 Å². The Morgan fingerprint density at radius 1 is 1.12 bits per heavy atom. The third kappa shape index (κ3) is 5.26. The second-order valence-electron chi connectivity index (χ2n) is 9.56. The van der Waals surface area contributed by atoms with Gasteiger partial charge in [-0.2, -0.15) is 5.10 Å². The quantitative estimate of drug-likeness (QED) is 0.587. The van der Waals surface area contributed by atoms with Gasteiger partial charge in [-0.1, -0.05) is 12.1 Å². The Bertz CT molecular complexity index is 1060. The molecule has 2 fully saturated rings. The molecule has 0 aliphatic carbocycles. The highest BCUT2D eigenvalue weighted by Crippen LogP contribution is 2.29. The normalized spacial score (nSPS) is 20.5. The maximum Gasteiger partial charge on any atom is 0.159 e. The first-order chi connectivity index (χ1) is 16.2. The second-order valence-corrected chi connectivity index (χ2v) is 9.56. The van der Waals surface area contributed by atoms with Crippen LogP contribution >= 0.6 is 0 Å². The van der Waals surface area contributed by atoms with E-state index in [1.54, 1.807) is 12.1 Å². The molecule has 4 heterocycles. The molecule has 2 aliphatic rings. The Kier molecular flexibility index (Phi) is 6.99. The van der Waals surface area contributed by atoms with Gasteiger partial charge in [0.2, 0.25) is 0 Å². The third-order valence-electron chi connectivity index (χ3n) is 7.16. The average molecular weight is 452 g/mol. The summed E-state index contributed by atoms with van der Waals surface area (Å²) in [7, 11) is 0. The van der Waals surface area contributed by atoms with Crippen molar-refractivity contribution < 1.29 is 9.13 Å².